The summed E-state index contributed by atoms with van der Waals surface area (Å²) in [7, 11) is 0. The molecule has 4 rings (SSSR count). The lowest BCUT2D eigenvalue weighted by Gasteiger charge is -2.44. The fourth-order valence-electron chi connectivity index (χ4n) is 5.60. The van der Waals surface area contributed by atoms with Crippen LogP contribution in [0.5, 0.6) is 0 Å². The Bertz CT molecular complexity index is 1090. The topological polar surface area (TPSA) is 386 Å². The predicted molar refractivity (Wildman–Crippen MR) is 152 cm³/mol. The number of azide groups is 1. The molecule has 13 N–H and O–H groups in total. The monoisotopic (exact) mass is 735 g/mol. The zero-order valence-electron chi connectivity index (χ0n) is 26.2. The number of aliphatic hydroxyl groups is 13. The van der Waals surface area contributed by atoms with Crippen molar-refractivity contribution in [3.8, 4) is 0 Å². The maximum absolute atomic E-state index is 10.5. The van der Waals surface area contributed by atoms with Crippen LogP contribution in [0.4, 0.5) is 0 Å². The van der Waals surface area contributed by atoms with Crippen molar-refractivity contribution in [3.05, 3.63) is 10.4 Å². The zero-order valence-corrected chi connectivity index (χ0v) is 26.2. The Kier molecular flexibility index (Phi) is 15.2. The largest absolute Gasteiger partial charge is 0.394 e. The Balaban J connectivity index is 1.33. The average molecular weight is 736 g/mol. The van der Waals surface area contributed by atoms with Gasteiger partial charge < -0.3 is 104 Å². The molecule has 4 aliphatic rings. The van der Waals surface area contributed by atoms with E-state index in [1.165, 1.54) is 0 Å². The summed E-state index contributed by atoms with van der Waals surface area (Å²) in [5, 5.41) is 136. The summed E-state index contributed by atoms with van der Waals surface area (Å²) in [5.41, 5.74) is 8.37. The summed E-state index contributed by atoms with van der Waals surface area (Å²) in [4.78, 5) is 2.54. The lowest BCUT2D eigenvalue weighted by atomic mass is 9.98. The van der Waals surface area contributed by atoms with Crippen molar-refractivity contribution in [2.75, 3.05) is 39.6 Å². The standard InChI is InChI=1S/C26H45N3O21/c27-29-28-1-2-43-23-19(39)16(36)12(32)8(48-23)4-45-25-21(41)18(38)14(34)10(50-25)6-46-26-22(42)17(37)13(33)9(49-26)5-44-24-20(40)15(35)11(31)7(3-30)47-24/h7-26,30-42H,1-6H2/t7-,8?,9?,10?,11?,12-,13-,14?,15+,16?,17?,18+,19-,20?,21?,22-,23?,24-,25-,26?/m1/s1. The highest BCUT2D eigenvalue weighted by Gasteiger charge is 2.50. The fraction of sp³-hybridized carbons (Fsp3) is 1.00. The molecule has 0 aromatic rings. The molecule has 24 nitrogen and oxygen atoms in total. The van der Waals surface area contributed by atoms with Gasteiger partial charge >= 0.3 is 0 Å². The maximum atomic E-state index is 10.5. The van der Waals surface area contributed by atoms with Gasteiger partial charge in [-0.15, -0.1) is 0 Å². The van der Waals surface area contributed by atoms with Crippen molar-refractivity contribution in [2.24, 2.45) is 5.11 Å². The van der Waals surface area contributed by atoms with Gasteiger partial charge in [-0.2, -0.15) is 0 Å². The summed E-state index contributed by atoms with van der Waals surface area (Å²) in [5.74, 6) is 0. The van der Waals surface area contributed by atoms with Crippen molar-refractivity contribution >= 4 is 0 Å². The molecule has 20 atom stereocenters. The molecule has 4 saturated heterocycles. The SMILES string of the molecule is [N-]=[N+]=NCCOC1OC(CO[C@@H]2OC(COC3OC(CO[C@@H]4O[C@H](CO)C(O)[C@H](O)C4O)[C@@H](O)C(O)[C@H]3O)C(O)[C@H](O)C2O)[C@@H](O)C(O)[C@H]1O. The Hall–Kier alpha value is -1.53. The number of ether oxygens (including phenoxy) is 8. The molecule has 0 bridgehead atoms. The van der Waals surface area contributed by atoms with E-state index in [1.54, 1.807) is 0 Å². The molecule has 50 heavy (non-hydrogen) atoms. The molecule has 0 radical (unpaired) electrons. The van der Waals surface area contributed by atoms with Crippen LogP contribution in [-0.4, -0.2) is 229 Å². The van der Waals surface area contributed by atoms with E-state index in [-0.39, 0.29) is 13.2 Å². The second-order valence-electron chi connectivity index (χ2n) is 12.1. The highest BCUT2D eigenvalue weighted by Crippen LogP contribution is 2.29. The number of nitrogens with zero attached hydrogens (tertiary/aromatic N) is 3. The average Bonchev–Trinajstić information content (AvgIpc) is 3.11. The van der Waals surface area contributed by atoms with Gasteiger partial charge in [-0.1, -0.05) is 5.11 Å². The van der Waals surface area contributed by atoms with Crippen LogP contribution in [0.3, 0.4) is 0 Å². The first kappa shape index (κ1) is 41.2. The predicted octanol–water partition coefficient (Wildman–Crippen LogP) is -8.41. The number of aliphatic hydroxyl groups excluding tert-OH is 13. The summed E-state index contributed by atoms with van der Waals surface area (Å²) >= 11 is 0. The van der Waals surface area contributed by atoms with E-state index in [1.807, 2.05) is 0 Å². The first-order chi connectivity index (χ1) is 23.7. The minimum absolute atomic E-state index is 0.131. The van der Waals surface area contributed by atoms with Gasteiger partial charge in [0.2, 0.25) is 0 Å². The molecule has 4 heterocycles. The molecule has 290 valence electrons. The molecule has 4 fully saturated rings. The van der Waals surface area contributed by atoms with E-state index >= 15 is 0 Å². The van der Waals surface area contributed by atoms with E-state index in [0.717, 1.165) is 0 Å². The van der Waals surface area contributed by atoms with Crippen molar-refractivity contribution in [3.63, 3.8) is 0 Å². The van der Waals surface area contributed by atoms with Crippen LogP contribution in [0, 0.1) is 0 Å². The third kappa shape index (κ3) is 9.33. The Labute approximate surface area is 282 Å². The zero-order chi connectivity index (χ0) is 36.9. The van der Waals surface area contributed by atoms with E-state index < -0.39 is 149 Å². The van der Waals surface area contributed by atoms with Crippen molar-refractivity contribution in [2.45, 2.75) is 123 Å². The van der Waals surface area contributed by atoms with E-state index in [9.17, 15) is 66.4 Å². The molecular formula is C26H45N3O21. The highest BCUT2D eigenvalue weighted by atomic mass is 16.8. The molecule has 4 aliphatic heterocycles. The van der Waals surface area contributed by atoms with Gasteiger partial charge in [-0.05, 0) is 5.53 Å². The van der Waals surface area contributed by atoms with Crippen molar-refractivity contribution in [1.29, 1.82) is 0 Å². The van der Waals surface area contributed by atoms with E-state index in [2.05, 4.69) is 10.0 Å². The first-order valence-electron chi connectivity index (χ1n) is 15.6. The van der Waals surface area contributed by atoms with Crippen LogP contribution >= 0.6 is 0 Å². The van der Waals surface area contributed by atoms with E-state index in [0.29, 0.717) is 0 Å². The van der Waals surface area contributed by atoms with Gasteiger partial charge in [0.1, 0.15) is 97.7 Å². The quantitative estimate of drug-likeness (QED) is 0.0341. The smallest absolute Gasteiger partial charge is 0.186 e. The van der Waals surface area contributed by atoms with Gasteiger partial charge in [0.05, 0.1) is 33.0 Å². The van der Waals surface area contributed by atoms with Gasteiger partial charge in [-0.25, -0.2) is 0 Å². The maximum Gasteiger partial charge on any atom is 0.186 e. The number of hydrogen-bond donors (Lipinski definition) is 13. The van der Waals surface area contributed by atoms with Gasteiger partial charge in [-0.3, -0.25) is 0 Å². The van der Waals surface area contributed by atoms with Gasteiger partial charge in [0.25, 0.3) is 0 Å². The van der Waals surface area contributed by atoms with Crippen LogP contribution in [0.2, 0.25) is 0 Å². The van der Waals surface area contributed by atoms with Crippen molar-refractivity contribution in [1.82, 2.24) is 0 Å². The van der Waals surface area contributed by atoms with Crippen LogP contribution in [0.25, 0.3) is 10.4 Å². The molecule has 0 aliphatic carbocycles. The summed E-state index contributed by atoms with van der Waals surface area (Å²) in [6, 6.07) is 0. The fourth-order valence-corrected chi connectivity index (χ4v) is 5.60. The van der Waals surface area contributed by atoms with Crippen LogP contribution in [0.15, 0.2) is 5.11 Å². The molecule has 0 amide bonds. The second kappa shape index (κ2) is 18.5. The Morgan fingerprint density at radius 2 is 0.740 bits per heavy atom. The Morgan fingerprint density at radius 3 is 1.06 bits per heavy atom. The summed E-state index contributed by atoms with van der Waals surface area (Å²) < 4.78 is 43.3. The lowest BCUT2D eigenvalue weighted by Crippen LogP contribution is -2.63. The third-order valence-corrected chi connectivity index (χ3v) is 8.66. The summed E-state index contributed by atoms with van der Waals surface area (Å²) in [6.07, 6.45) is -33.7. The molecule has 0 spiro atoms. The highest BCUT2D eigenvalue weighted by molar-refractivity contribution is 4.94. The lowest BCUT2D eigenvalue weighted by molar-refractivity contribution is -0.347. The first-order valence-corrected chi connectivity index (χ1v) is 15.6. The number of rotatable bonds is 14. The normalized spacial score (nSPS) is 48.6. The molecule has 0 saturated carbocycles. The van der Waals surface area contributed by atoms with E-state index in [4.69, 9.17) is 43.4 Å². The van der Waals surface area contributed by atoms with Crippen LogP contribution in [-0.2, 0) is 37.9 Å². The third-order valence-electron chi connectivity index (χ3n) is 8.66. The number of hydrogen-bond acceptors (Lipinski definition) is 22. The molecular weight excluding hydrogens is 690 g/mol. The molecule has 24 heteroatoms. The summed E-state index contributed by atoms with van der Waals surface area (Å²) in [6.45, 7) is -3.03. The minimum Gasteiger partial charge on any atom is -0.394 e. The van der Waals surface area contributed by atoms with Crippen molar-refractivity contribution < 1.29 is 104 Å². The minimum atomic E-state index is -1.90. The molecule has 0 aromatic heterocycles. The molecule has 0 aromatic carbocycles. The second-order valence-corrected chi connectivity index (χ2v) is 12.1. The van der Waals surface area contributed by atoms with Gasteiger partial charge in [0, 0.05) is 11.5 Å². The molecule has 11 unspecified atom stereocenters. The Morgan fingerprint density at radius 1 is 0.440 bits per heavy atom. The van der Waals surface area contributed by atoms with Crippen LogP contribution in [0.1, 0.15) is 0 Å². The van der Waals surface area contributed by atoms with Crippen LogP contribution < -0.4 is 0 Å². The van der Waals surface area contributed by atoms with Gasteiger partial charge in [0.15, 0.2) is 25.2 Å².